The number of amides is 1. The fraction of sp³-hybridized carbons (Fsp3) is 0.818. The Bertz CT molecular complexity index is 325. The number of carbonyl (C=O) groups excluding carboxylic acids is 2. The zero-order valence-electron chi connectivity index (χ0n) is 9.91. The maximum atomic E-state index is 11.6. The molecule has 0 atom stereocenters. The van der Waals surface area contributed by atoms with Crippen LogP contribution in [0.5, 0.6) is 0 Å². The first kappa shape index (κ1) is 11.2. The van der Waals surface area contributed by atoms with Crippen molar-refractivity contribution in [1.29, 1.82) is 0 Å². The molecule has 90 valence electrons. The first-order valence-electron chi connectivity index (χ1n) is 5.43. The summed E-state index contributed by atoms with van der Waals surface area (Å²) >= 11 is 0. The molecular weight excluding hydrogens is 210 g/mol. The molecule has 2 aliphatic heterocycles. The zero-order valence-corrected chi connectivity index (χ0v) is 9.91. The van der Waals surface area contributed by atoms with Gasteiger partial charge in [0, 0.05) is 13.1 Å². The van der Waals surface area contributed by atoms with Gasteiger partial charge in [-0.2, -0.15) is 0 Å². The summed E-state index contributed by atoms with van der Waals surface area (Å²) in [6.07, 6.45) is 0.115. The van der Waals surface area contributed by atoms with Crippen LogP contribution in [-0.4, -0.2) is 42.3 Å². The molecule has 2 saturated heterocycles. The Morgan fingerprint density at radius 1 is 1.44 bits per heavy atom. The number of rotatable bonds is 0. The quantitative estimate of drug-likeness (QED) is 0.583. The smallest absolute Gasteiger partial charge is 0.410 e. The van der Waals surface area contributed by atoms with Gasteiger partial charge in [0.05, 0.1) is 11.8 Å². The topological polar surface area (TPSA) is 55.8 Å². The van der Waals surface area contributed by atoms with Crippen molar-refractivity contribution in [1.82, 2.24) is 4.90 Å². The lowest BCUT2D eigenvalue weighted by Crippen LogP contribution is -2.59. The minimum absolute atomic E-state index is 0.131. The van der Waals surface area contributed by atoms with Crippen molar-refractivity contribution in [3.63, 3.8) is 0 Å². The van der Waals surface area contributed by atoms with Crippen LogP contribution >= 0.6 is 0 Å². The highest BCUT2D eigenvalue weighted by molar-refractivity contribution is 5.75. The van der Waals surface area contributed by atoms with Gasteiger partial charge in [-0.15, -0.1) is 0 Å². The summed E-state index contributed by atoms with van der Waals surface area (Å²) in [5.74, 6) is -0.163. The fourth-order valence-corrected chi connectivity index (χ4v) is 2.06. The predicted molar refractivity (Wildman–Crippen MR) is 55.8 cm³/mol. The van der Waals surface area contributed by atoms with E-state index in [1.54, 1.807) is 4.90 Å². The van der Waals surface area contributed by atoms with Crippen LogP contribution < -0.4 is 0 Å². The van der Waals surface area contributed by atoms with Crippen LogP contribution in [0.4, 0.5) is 4.79 Å². The summed E-state index contributed by atoms with van der Waals surface area (Å²) in [5, 5.41) is 0. The first-order chi connectivity index (χ1) is 7.30. The maximum absolute atomic E-state index is 11.6. The highest BCUT2D eigenvalue weighted by atomic mass is 16.6. The molecule has 2 fully saturated rings. The Morgan fingerprint density at radius 3 is 2.50 bits per heavy atom. The third-order valence-electron chi connectivity index (χ3n) is 2.76. The molecular formula is C11H17NO4. The van der Waals surface area contributed by atoms with Crippen LogP contribution in [0, 0.1) is 5.41 Å². The Kier molecular flexibility index (Phi) is 2.36. The van der Waals surface area contributed by atoms with Gasteiger partial charge in [-0.05, 0) is 20.8 Å². The van der Waals surface area contributed by atoms with Crippen LogP contribution in [0.3, 0.4) is 0 Å². The minimum atomic E-state index is -0.470. The molecule has 0 bridgehead atoms. The van der Waals surface area contributed by atoms with Gasteiger partial charge in [0.1, 0.15) is 12.2 Å². The van der Waals surface area contributed by atoms with Crippen LogP contribution in [0.15, 0.2) is 0 Å². The number of nitrogens with zero attached hydrogens (tertiary/aromatic N) is 1. The van der Waals surface area contributed by atoms with Gasteiger partial charge < -0.3 is 14.4 Å². The fourth-order valence-electron chi connectivity index (χ4n) is 2.06. The molecule has 0 unspecified atom stereocenters. The SMILES string of the molecule is CC(C)(C)OC(=O)N1CC2(COC(=O)C2)C1. The lowest BCUT2D eigenvalue weighted by atomic mass is 9.79. The van der Waals surface area contributed by atoms with Crippen molar-refractivity contribution in [2.24, 2.45) is 5.41 Å². The average Bonchev–Trinajstić information content (AvgIpc) is 2.41. The lowest BCUT2D eigenvalue weighted by Gasteiger charge is -2.45. The molecule has 2 heterocycles. The highest BCUT2D eigenvalue weighted by Gasteiger charge is 2.52. The van der Waals surface area contributed by atoms with Crippen molar-refractivity contribution >= 4 is 12.1 Å². The maximum Gasteiger partial charge on any atom is 0.410 e. The molecule has 0 aliphatic carbocycles. The molecule has 1 spiro atoms. The van der Waals surface area contributed by atoms with Gasteiger partial charge in [0.15, 0.2) is 0 Å². The van der Waals surface area contributed by atoms with Crippen molar-refractivity contribution < 1.29 is 19.1 Å². The van der Waals surface area contributed by atoms with E-state index < -0.39 is 5.60 Å². The molecule has 0 saturated carbocycles. The number of ether oxygens (including phenoxy) is 2. The lowest BCUT2D eigenvalue weighted by molar-refractivity contribution is -0.137. The molecule has 0 N–H and O–H groups in total. The van der Waals surface area contributed by atoms with Gasteiger partial charge in [-0.1, -0.05) is 0 Å². The molecule has 2 aliphatic rings. The monoisotopic (exact) mass is 227 g/mol. The van der Waals surface area contributed by atoms with E-state index in [-0.39, 0.29) is 17.5 Å². The zero-order chi connectivity index (χ0) is 12.0. The summed E-state index contributed by atoms with van der Waals surface area (Å²) in [7, 11) is 0. The molecule has 0 aromatic carbocycles. The normalized spacial score (nSPS) is 22.9. The highest BCUT2D eigenvalue weighted by Crippen LogP contribution is 2.39. The van der Waals surface area contributed by atoms with Gasteiger partial charge in [0.2, 0.25) is 0 Å². The van der Waals surface area contributed by atoms with E-state index in [4.69, 9.17) is 9.47 Å². The number of likely N-dealkylation sites (tertiary alicyclic amines) is 1. The standard InChI is InChI=1S/C11H17NO4/c1-10(2,3)16-9(14)12-5-11(6-12)4-8(13)15-7-11/h4-7H2,1-3H3. The van der Waals surface area contributed by atoms with Gasteiger partial charge in [0.25, 0.3) is 0 Å². The molecule has 5 nitrogen and oxygen atoms in total. The molecule has 0 aromatic heterocycles. The second-order valence-corrected chi connectivity index (χ2v) is 5.67. The van der Waals surface area contributed by atoms with Crippen molar-refractivity contribution in [3.05, 3.63) is 0 Å². The third-order valence-corrected chi connectivity index (χ3v) is 2.76. The number of esters is 1. The van der Waals surface area contributed by atoms with Crippen molar-refractivity contribution in [2.45, 2.75) is 32.8 Å². The average molecular weight is 227 g/mol. The van der Waals surface area contributed by atoms with Crippen LogP contribution in [0.25, 0.3) is 0 Å². The van der Waals surface area contributed by atoms with E-state index in [2.05, 4.69) is 0 Å². The Hall–Kier alpha value is -1.26. The van der Waals surface area contributed by atoms with Gasteiger partial charge in [-0.25, -0.2) is 4.79 Å². The number of hydrogen-bond acceptors (Lipinski definition) is 4. The third kappa shape index (κ3) is 2.13. The Balaban J connectivity index is 1.84. The van der Waals surface area contributed by atoms with E-state index in [1.165, 1.54) is 0 Å². The summed E-state index contributed by atoms with van der Waals surface area (Å²) in [6.45, 7) is 7.07. The second kappa shape index (κ2) is 3.37. The van der Waals surface area contributed by atoms with E-state index >= 15 is 0 Å². The number of carbonyl (C=O) groups is 2. The van der Waals surface area contributed by atoms with Gasteiger partial charge >= 0.3 is 12.1 Å². The van der Waals surface area contributed by atoms with Crippen LogP contribution in [-0.2, 0) is 14.3 Å². The first-order valence-corrected chi connectivity index (χ1v) is 5.43. The van der Waals surface area contributed by atoms with E-state index in [1.807, 2.05) is 20.8 Å². The summed E-state index contributed by atoms with van der Waals surface area (Å²) < 4.78 is 10.2. The molecule has 0 radical (unpaired) electrons. The Morgan fingerprint density at radius 2 is 2.06 bits per heavy atom. The van der Waals surface area contributed by atoms with Crippen LogP contribution in [0.1, 0.15) is 27.2 Å². The largest absolute Gasteiger partial charge is 0.465 e. The second-order valence-electron chi connectivity index (χ2n) is 5.67. The minimum Gasteiger partial charge on any atom is -0.465 e. The summed E-state index contributed by atoms with van der Waals surface area (Å²) in [6, 6.07) is 0. The van der Waals surface area contributed by atoms with Crippen LogP contribution in [0.2, 0.25) is 0 Å². The molecule has 0 aromatic rings. The number of hydrogen-bond donors (Lipinski definition) is 0. The Labute approximate surface area is 94.7 Å². The molecule has 2 rings (SSSR count). The van der Waals surface area contributed by atoms with Gasteiger partial charge in [-0.3, -0.25) is 4.79 Å². The molecule has 16 heavy (non-hydrogen) atoms. The van der Waals surface area contributed by atoms with E-state index in [0.29, 0.717) is 26.1 Å². The van der Waals surface area contributed by atoms with E-state index in [0.717, 1.165) is 0 Å². The molecule has 5 heteroatoms. The van der Waals surface area contributed by atoms with Crippen molar-refractivity contribution in [2.75, 3.05) is 19.7 Å². The predicted octanol–water partition coefficient (Wildman–Crippen LogP) is 1.17. The van der Waals surface area contributed by atoms with Crippen molar-refractivity contribution in [3.8, 4) is 0 Å². The number of cyclic esters (lactones) is 1. The molecule has 1 amide bonds. The summed E-state index contributed by atoms with van der Waals surface area (Å²) in [4.78, 5) is 24.3. The summed E-state index contributed by atoms with van der Waals surface area (Å²) in [5.41, 5.74) is -0.601. The van der Waals surface area contributed by atoms with E-state index in [9.17, 15) is 9.59 Å².